The van der Waals surface area contributed by atoms with Gasteiger partial charge in [0.05, 0.1) is 11.1 Å². The Morgan fingerprint density at radius 3 is 2.44 bits per heavy atom. The van der Waals surface area contributed by atoms with Crippen molar-refractivity contribution < 1.29 is 13.2 Å². The maximum atomic E-state index is 12.7. The minimum atomic E-state index is -3.52. The fourth-order valence-corrected chi connectivity index (χ4v) is 3.95. The molecular formula is C21H29N7O3S. The number of fused-ring (bicyclic) bond motifs is 1. The predicted molar refractivity (Wildman–Crippen MR) is 124 cm³/mol. The first kappa shape index (κ1) is 23.6. The van der Waals surface area contributed by atoms with Crippen LogP contribution in [0.5, 0.6) is 0 Å². The number of anilines is 2. The summed E-state index contributed by atoms with van der Waals surface area (Å²) in [6.45, 7) is 5.19. The summed E-state index contributed by atoms with van der Waals surface area (Å²) in [4.78, 5) is 17.4. The van der Waals surface area contributed by atoms with Gasteiger partial charge in [0, 0.05) is 44.5 Å². The van der Waals surface area contributed by atoms with Crippen LogP contribution >= 0.6 is 0 Å². The van der Waals surface area contributed by atoms with E-state index in [0.717, 1.165) is 9.87 Å². The summed E-state index contributed by atoms with van der Waals surface area (Å²) in [5.74, 6) is 0.434. The van der Waals surface area contributed by atoms with E-state index < -0.39 is 10.0 Å². The second-order valence-electron chi connectivity index (χ2n) is 7.81. The summed E-state index contributed by atoms with van der Waals surface area (Å²) in [7, 11) is 1.27. The van der Waals surface area contributed by atoms with Gasteiger partial charge in [0.2, 0.25) is 10.0 Å². The molecule has 0 unspecified atom stereocenters. The standard InChI is InChI=1S/C21H29N7O3S/c1-14(2)17-13-24-28-19(12-18(26-20(17)28)21(29)23-11-10-22-3)25-15-6-8-16(9-7-15)32(30,31)27(4)5/h6-9,12-14,22,25H,10-11H2,1-5H3,(H,23,29). The van der Waals surface area contributed by atoms with Gasteiger partial charge in [-0.2, -0.15) is 9.61 Å². The van der Waals surface area contributed by atoms with Crippen molar-refractivity contribution in [2.45, 2.75) is 24.7 Å². The lowest BCUT2D eigenvalue weighted by molar-refractivity contribution is 0.0949. The van der Waals surface area contributed by atoms with Gasteiger partial charge in [-0.25, -0.2) is 17.7 Å². The van der Waals surface area contributed by atoms with Gasteiger partial charge in [0.25, 0.3) is 5.91 Å². The molecule has 3 N–H and O–H groups in total. The first-order valence-electron chi connectivity index (χ1n) is 10.3. The van der Waals surface area contributed by atoms with Crippen LogP contribution in [-0.4, -0.2) is 67.5 Å². The molecule has 3 aromatic rings. The van der Waals surface area contributed by atoms with Crippen LogP contribution in [0.15, 0.2) is 41.4 Å². The number of amides is 1. The number of nitrogens with zero attached hydrogens (tertiary/aromatic N) is 4. The van der Waals surface area contributed by atoms with Crippen molar-refractivity contribution in [3.63, 3.8) is 0 Å². The van der Waals surface area contributed by atoms with Crippen molar-refractivity contribution in [1.82, 2.24) is 29.5 Å². The fourth-order valence-electron chi connectivity index (χ4n) is 3.05. The SMILES string of the molecule is CNCCNC(=O)c1cc(Nc2ccc(S(=O)(=O)N(C)C)cc2)n2ncc(C(C)C)c2n1. The lowest BCUT2D eigenvalue weighted by Crippen LogP contribution is -2.31. The van der Waals surface area contributed by atoms with Crippen LogP contribution in [0, 0.1) is 0 Å². The minimum Gasteiger partial charge on any atom is -0.349 e. The molecule has 0 radical (unpaired) electrons. The molecule has 2 aromatic heterocycles. The van der Waals surface area contributed by atoms with Gasteiger partial charge in [0.15, 0.2) is 5.65 Å². The van der Waals surface area contributed by atoms with Crippen molar-refractivity contribution in [2.24, 2.45) is 0 Å². The maximum Gasteiger partial charge on any atom is 0.270 e. The summed E-state index contributed by atoms with van der Waals surface area (Å²) < 4.78 is 27.4. The molecule has 10 nitrogen and oxygen atoms in total. The quantitative estimate of drug-likeness (QED) is 0.417. The molecule has 172 valence electrons. The largest absolute Gasteiger partial charge is 0.349 e. The number of sulfonamides is 1. The monoisotopic (exact) mass is 459 g/mol. The molecule has 1 amide bonds. The van der Waals surface area contributed by atoms with E-state index in [4.69, 9.17) is 0 Å². The van der Waals surface area contributed by atoms with Crippen molar-refractivity contribution >= 4 is 33.1 Å². The summed E-state index contributed by atoms with van der Waals surface area (Å²) in [5, 5.41) is 13.5. The number of rotatable bonds is 9. The Balaban J connectivity index is 1.98. The molecule has 0 aliphatic heterocycles. The van der Waals surface area contributed by atoms with Gasteiger partial charge in [-0.15, -0.1) is 0 Å². The third-order valence-electron chi connectivity index (χ3n) is 4.92. The second kappa shape index (κ2) is 9.63. The van der Waals surface area contributed by atoms with Crippen molar-refractivity contribution in [3.05, 3.63) is 47.8 Å². The number of hydrogen-bond acceptors (Lipinski definition) is 7. The van der Waals surface area contributed by atoms with Crippen LogP contribution in [-0.2, 0) is 10.0 Å². The molecular weight excluding hydrogens is 430 g/mol. The molecule has 0 aliphatic carbocycles. The number of carbonyl (C=O) groups excluding carboxylic acids is 1. The number of likely N-dealkylation sites (N-methyl/N-ethyl adjacent to an activating group) is 1. The van der Waals surface area contributed by atoms with E-state index in [1.165, 1.54) is 26.2 Å². The van der Waals surface area contributed by atoms with Crippen LogP contribution < -0.4 is 16.0 Å². The summed E-state index contributed by atoms with van der Waals surface area (Å²) in [6, 6.07) is 8.03. The van der Waals surface area contributed by atoms with Crippen molar-refractivity contribution in [2.75, 3.05) is 39.5 Å². The maximum absolute atomic E-state index is 12.7. The van der Waals surface area contributed by atoms with Crippen LogP contribution in [0.3, 0.4) is 0 Å². The summed E-state index contributed by atoms with van der Waals surface area (Å²) in [5.41, 5.74) is 2.43. The summed E-state index contributed by atoms with van der Waals surface area (Å²) >= 11 is 0. The van der Waals surface area contributed by atoms with E-state index in [9.17, 15) is 13.2 Å². The van der Waals surface area contributed by atoms with E-state index in [1.54, 1.807) is 28.9 Å². The molecule has 0 spiro atoms. The molecule has 0 bridgehead atoms. The van der Waals surface area contributed by atoms with Gasteiger partial charge in [-0.1, -0.05) is 13.8 Å². The van der Waals surface area contributed by atoms with E-state index in [-0.39, 0.29) is 22.4 Å². The zero-order valence-corrected chi connectivity index (χ0v) is 19.7. The summed E-state index contributed by atoms with van der Waals surface area (Å²) in [6.07, 6.45) is 1.74. The molecule has 0 fully saturated rings. The third-order valence-corrected chi connectivity index (χ3v) is 6.75. The van der Waals surface area contributed by atoms with Crippen LogP contribution in [0.25, 0.3) is 5.65 Å². The van der Waals surface area contributed by atoms with Gasteiger partial charge in [-0.3, -0.25) is 4.79 Å². The van der Waals surface area contributed by atoms with Crippen molar-refractivity contribution in [1.29, 1.82) is 0 Å². The topological polar surface area (TPSA) is 121 Å². The average Bonchev–Trinajstić information content (AvgIpc) is 3.19. The van der Waals surface area contributed by atoms with Crippen LogP contribution in [0.2, 0.25) is 0 Å². The highest BCUT2D eigenvalue weighted by atomic mass is 32.2. The van der Waals surface area contributed by atoms with Gasteiger partial charge < -0.3 is 16.0 Å². The minimum absolute atomic E-state index is 0.172. The average molecular weight is 460 g/mol. The van der Waals surface area contributed by atoms with E-state index in [2.05, 4.69) is 26.0 Å². The second-order valence-corrected chi connectivity index (χ2v) is 9.96. The highest BCUT2D eigenvalue weighted by molar-refractivity contribution is 7.89. The van der Waals surface area contributed by atoms with Crippen LogP contribution in [0.1, 0.15) is 35.8 Å². The Hall–Kier alpha value is -3.02. The molecule has 0 atom stereocenters. The fraction of sp³-hybridized carbons (Fsp3) is 0.381. The first-order valence-corrected chi connectivity index (χ1v) is 11.7. The van der Waals surface area contributed by atoms with Gasteiger partial charge in [0.1, 0.15) is 11.5 Å². The van der Waals surface area contributed by atoms with Crippen molar-refractivity contribution in [3.8, 4) is 0 Å². The highest BCUT2D eigenvalue weighted by Crippen LogP contribution is 2.25. The zero-order valence-electron chi connectivity index (χ0n) is 18.9. The molecule has 1 aromatic carbocycles. The molecule has 0 saturated heterocycles. The Morgan fingerprint density at radius 2 is 1.84 bits per heavy atom. The van der Waals surface area contributed by atoms with E-state index >= 15 is 0 Å². The van der Waals surface area contributed by atoms with E-state index in [0.29, 0.717) is 30.2 Å². The molecule has 11 heteroatoms. The first-order chi connectivity index (χ1) is 15.1. The molecule has 0 aliphatic rings. The number of nitrogens with one attached hydrogen (secondary N) is 3. The van der Waals surface area contributed by atoms with E-state index in [1.807, 2.05) is 20.9 Å². The van der Waals surface area contributed by atoms with Gasteiger partial charge >= 0.3 is 0 Å². The number of carbonyl (C=O) groups is 1. The smallest absolute Gasteiger partial charge is 0.270 e. The van der Waals surface area contributed by atoms with Crippen LogP contribution in [0.4, 0.5) is 11.5 Å². The highest BCUT2D eigenvalue weighted by Gasteiger charge is 2.19. The van der Waals surface area contributed by atoms with Gasteiger partial charge in [-0.05, 0) is 37.2 Å². The lowest BCUT2D eigenvalue weighted by Gasteiger charge is -2.14. The molecule has 3 rings (SSSR count). The Labute approximate surface area is 188 Å². The predicted octanol–water partition coefficient (Wildman–Crippen LogP) is 1.80. The number of aromatic nitrogens is 3. The third kappa shape index (κ3) is 4.90. The molecule has 32 heavy (non-hydrogen) atoms. The number of benzene rings is 1. The normalized spacial score (nSPS) is 12.0. The lowest BCUT2D eigenvalue weighted by atomic mass is 10.1. The molecule has 0 saturated carbocycles. The molecule has 2 heterocycles. The number of hydrogen-bond donors (Lipinski definition) is 3. The Morgan fingerprint density at radius 1 is 1.16 bits per heavy atom. The Bertz CT molecular complexity index is 1200. The zero-order chi connectivity index (χ0) is 23.5. The Kier molecular flexibility index (Phi) is 7.12.